The topological polar surface area (TPSA) is 86.7 Å². The van der Waals surface area contributed by atoms with Crippen LogP contribution in [0.2, 0.25) is 0 Å². The van der Waals surface area contributed by atoms with E-state index in [2.05, 4.69) is 5.32 Å². The van der Waals surface area contributed by atoms with Crippen molar-refractivity contribution in [3.8, 4) is 0 Å². The van der Waals surface area contributed by atoms with Crippen molar-refractivity contribution < 1.29 is 19.5 Å². The van der Waals surface area contributed by atoms with Crippen molar-refractivity contribution in [3.05, 3.63) is 0 Å². The molecule has 2 amide bonds. The van der Waals surface area contributed by atoms with Crippen molar-refractivity contribution in [1.82, 2.24) is 10.2 Å². The molecule has 0 spiro atoms. The number of nitrogens with one attached hydrogen (secondary N) is 1. The summed E-state index contributed by atoms with van der Waals surface area (Å²) in [6.45, 7) is 2.84. The van der Waals surface area contributed by atoms with Gasteiger partial charge < -0.3 is 15.3 Å². The van der Waals surface area contributed by atoms with Gasteiger partial charge in [-0.05, 0) is 37.5 Å². The number of fused-ring (bicyclic) bond motifs is 1. The molecule has 3 fully saturated rings. The van der Waals surface area contributed by atoms with Gasteiger partial charge in [0.1, 0.15) is 0 Å². The number of likely N-dealkylation sites (tertiary alicyclic amines) is 1. The third-order valence-electron chi connectivity index (χ3n) is 5.39. The molecule has 3 rings (SSSR count). The lowest BCUT2D eigenvalue weighted by molar-refractivity contribution is -0.142. The summed E-state index contributed by atoms with van der Waals surface area (Å²) < 4.78 is 0. The number of carbonyl (C=O) groups is 3. The predicted octanol–water partition coefficient (Wildman–Crippen LogP) is 0.470. The van der Waals surface area contributed by atoms with Crippen molar-refractivity contribution >= 4 is 17.8 Å². The first-order valence-electron chi connectivity index (χ1n) is 7.76. The van der Waals surface area contributed by atoms with Crippen molar-refractivity contribution in [3.63, 3.8) is 0 Å². The first-order valence-corrected chi connectivity index (χ1v) is 7.76. The highest BCUT2D eigenvalue weighted by atomic mass is 16.4. The molecule has 1 saturated heterocycles. The minimum atomic E-state index is -0.728. The van der Waals surface area contributed by atoms with Gasteiger partial charge in [0, 0.05) is 32.0 Å². The van der Waals surface area contributed by atoms with Crippen LogP contribution in [0.4, 0.5) is 0 Å². The van der Waals surface area contributed by atoms with Gasteiger partial charge in [-0.3, -0.25) is 14.4 Å². The highest BCUT2D eigenvalue weighted by Gasteiger charge is 2.57. The molecule has 2 aliphatic carbocycles. The summed E-state index contributed by atoms with van der Waals surface area (Å²) in [5, 5.41) is 12.2. The van der Waals surface area contributed by atoms with E-state index in [-0.39, 0.29) is 35.6 Å². The van der Waals surface area contributed by atoms with Crippen LogP contribution in [0.15, 0.2) is 0 Å². The molecule has 0 radical (unpaired) electrons. The minimum Gasteiger partial charge on any atom is -0.481 e. The number of amides is 2. The number of rotatable bonds is 3. The largest absolute Gasteiger partial charge is 0.481 e. The van der Waals surface area contributed by atoms with Gasteiger partial charge >= 0.3 is 5.97 Å². The van der Waals surface area contributed by atoms with E-state index < -0.39 is 5.97 Å². The van der Waals surface area contributed by atoms with Crippen molar-refractivity contribution in [1.29, 1.82) is 0 Å². The zero-order valence-corrected chi connectivity index (χ0v) is 12.2. The number of nitrogens with zero attached hydrogens (tertiary/aromatic N) is 1. The molecule has 116 valence electrons. The average Bonchev–Trinajstić information content (AvgIpc) is 3.16. The molecule has 3 aliphatic rings. The van der Waals surface area contributed by atoms with Gasteiger partial charge in [-0.15, -0.1) is 0 Å². The van der Waals surface area contributed by atoms with Gasteiger partial charge in [-0.25, -0.2) is 0 Å². The molecule has 6 heteroatoms. The van der Waals surface area contributed by atoms with Crippen LogP contribution in [0.5, 0.6) is 0 Å². The van der Waals surface area contributed by atoms with E-state index in [1.54, 1.807) is 11.8 Å². The van der Waals surface area contributed by atoms with Crippen molar-refractivity contribution in [2.24, 2.45) is 23.7 Å². The van der Waals surface area contributed by atoms with Crippen molar-refractivity contribution in [2.75, 3.05) is 13.1 Å². The Morgan fingerprint density at radius 1 is 1.10 bits per heavy atom. The fraction of sp³-hybridized carbons (Fsp3) is 0.800. The second kappa shape index (κ2) is 5.31. The molecule has 0 aromatic heterocycles. The molecule has 21 heavy (non-hydrogen) atoms. The predicted molar refractivity (Wildman–Crippen MR) is 74.2 cm³/mol. The molecule has 2 N–H and O–H groups in total. The number of piperidine rings is 1. The van der Waals surface area contributed by atoms with Gasteiger partial charge in [0.05, 0.1) is 5.92 Å². The quantitative estimate of drug-likeness (QED) is 0.792. The number of carboxylic acids is 1. The monoisotopic (exact) mass is 294 g/mol. The second-order valence-electron chi connectivity index (χ2n) is 6.64. The van der Waals surface area contributed by atoms with E-state index >= 15 is 0 Å². The van der Waals surface area contributed by atoms with E-state index in [0.29, 0.717) is 38.3 Å². The van der Waals surface area contributed by atoms with Crippen LogP contribution in [0.1, 0.15) is 32.6 Å². The van der Waals surface area contributed by atoms with E-state index in [1.807, 2.05) is 0 Å². The number of hydrogen-bond donors (Lipinski definition) is 2. The number of carbonyl (C=O) groups excluding carboxylic acids is 2. The van der Waals surface area contributed by atoms with Crippen LogP contribution >= 0.6 is 0 Å². The smallest absolute Gasteiger partial charge is 0.306 e. The normalized spacial score (nSPS) is 35.2. The fourth-order valence-corrected chi connectivity index (χ4v) is 3.99. The first-order chi connectivity index (χ1) is 9.97. The second-order valence-corrected chi connectivity index (χ2v) is 6.64. The summed E-state index contributed by atoms with van der Waals surface area (Å²) in [7, 11) is 0. The lowest BCUT2D eigenvalue weighted by Gasteiger charge is -2.31. The van der Waals surface area contributed by atoms with Crippen LogP contribution in [0, 0.1) is 23.7 Å². The summed E-state index contributed by atoms with van der Waals surface area (Å²) in [6, 6.07) is 0.0365. The molecule has 6 nitrogen and oxygen atoms in total. The lowest BCUT2D eigenvalue weighted by atomic mass is 9.95. The summed E-state index contributed by atoms with van der Waals surface area (Å²) in [5.41, 5.74) is 0. The Balaban J connectivity index is 1.50. The Kier molecular flexibility index (Phi) is 3.63. The molecule has 0 unspecified atom stereocenters. The van der Waals surface area contributed by atoms with Crippen molar-refractivity contribution in [2.45, 2.75) is 38.6 Å². The molecule has 0 aromatic carbocycles. The summed E-state index contributed by atoms with van der Waals surface area (Å²) in [5.74, 6) is -0.301. The van der Waals surface area contributed by atoms with Crippen LogP contribution in [-0.4, -0.2) is 46.9 Å². The van der Waals surface area contributed by atoms with Gasteiger partial charge in [-0.1, -0.05) is 0 Å². The Morgan fingerprint density at radius 3 is 2.29 bits per heavy atom. The average molecular weight is 294 g/mol. The standard InChI is InChI=1S/C15H22N2O4/c1-8(18)17-4-2-9(3-5-17)14(19)16-13-7-12(15(20)21)10-6-11(10)13/h9-13H,2-7H2,1H3,(H,16,19)(H,20,21)/t10-,11+,12-,13+/m0/s1. The summed E-state index contributed by atoms with van der Waals surface area (Å²) in [4.78, 5) is 36.5. The van der Waals surface area contributed by atoms with Gasteiger partial charge in [-0.2, -0.15) is 0 Å². The molecule has 4 atom stereocenters. The van der Waals surface area contributed by atoms with Gasteiger partial charge in [0.25, 0.3) is 0 Å². The Hall–Kier alpha value is -1.59. The maximum atomic E-state index is 12.3. The SMILES string of the molecule is CC(=O)N1CCC(C(=O)N[C@@H]2C[C@H](C(=O)O)[C@H]3C[C@H]32)CC1. The highest BCUT2D eigenvalue weighted by molar-refractivity contribution is 5.80. The van der Waals surface area contributed by atoms with E-state index in [4.69, 9.17) is 5.11 Å². The zero-order valence-electron chi connectivity index (χ0n) is 12.2. The Labute approximate surface area is 123 Å². The summed E-state index contributed by atoms with van der Waals surface area (Å²) >= 11 is 0. The first kappa shape index (κ1) is 14.4. The Morgan fingerprint density at radius 2 is 1.76 bits per heavy atom. The van der Waals surface area contributed by atoms with Gasteiger partial charge in [0.2, 0.25) is 11.8 Å². The highest BCUT2D eigenvalue weighted by Crippen LogP contribution is 2.55. The maximum absolute atomic E-state index is 12.3. The number of hydrogen-bond acceptors (Lipinski definition) is 3. The van der Waals surface area contributed by atoms with Gasteiger partial charge in [0.15, 0.2) is 0 Å². The summed E-state index contributed by atoms with van der Waals surface area (Å²) in [6.07, 6.45) is 2.91. The van der Waals surface area contributed by atoms with Crippen LogP contribution in [0.25, 0.3) is 0 Å². The molecule has 1 aliphatic heterocycles. The molecular weight excluding hydrogens is 272 g/mol. The Bertz CT molecular complexity index is 470. The molecule has 0 bridgehead atoms. The van der Waals surface area contributed by atoms with E-state index in [0.717, 1.165) is 6.42 Å². The molecule has 1 heterocycles. The third-order valence-corrected chi connectivity index (χ3v) is 5.39. The minimum absolute atomic E-state index is 0.0365. The van der Waals surface area contributed by atoms with E-state index in [1.165, 1.54) is 0 Å². The number of carboxylic acid groups (broad SMARTS) is 1. The van der Waals surface area contributed by atoms with Crippen LogP contribution in [-0.2, 0) is 14.4 Å². The molecular formula is C15H22N2O4. The lowest BCUT2D eigenvalue weighted by Crippen LogP contribution is -2.45. The van der Waals surface area contributed by atoms with E-state index in [9.17, 15) is 14.4 Å². The third kappa shape index (κ3) is 2.76. The zero-order chi connectivity index (χ0) is 15.1. The van der Waals surface area contributed by atoms with Crippen LogP contribution in [0.3, 0.4) is 0 Å². The fourth-order valence-electron chi connectivity index (χ4n) is 3.99. The molecule has 2 saturated carbocycles. The number of aliphatic carboxylic acids is 1. The maximum Gasteiger partial charge on any atom is 0.306 e. The van der Waals surface area contributed by atoms with Crippen LogP contribution < -0.4 is 5.32 Å². The molecule has 0 aromatic rings.